The molecule has 1 aromatic heterocycles. The van der Waals surface area contributed by atoms with Gasteiger partial charge in [-0.15, -0.1) is 11.3 Å². The number of benzene rings is 1. The molecule has 0 atom stereocenters. The van der Waals surface area contributed by atoms with Crippen LogP contribution in [-0.4, -0.2) is 12.3 Å². The van der Waals surface area contributed by atoms with Crippen LogP contribution in [0.4, 0.5) is 4.39 Å². The molecule has 3 nitrogen and oxygen atoms in total. The van der Waals surface area contributed by atoms with E-state index in [-0.39, 0.29) is 18.0 Å². The van der Waals surface area contributed by atoms with Crippen molar-refractivity contribution >= 4 is 23.6 Å². The quantitative estimate of drug-likeness (QED) is 0.619. The highest BCUT2D eigenvalue weighted by Crippen LogP contribution is 2.25. The number of carbonyl (C=O) groups excluding carboxylic acids is 2. The summed E-state index contributed by atoms with van der Waals surface area (Å²) in [6.45, 7) is 0.267. The second kappa shape index (κ2) is 4.88. The van der Waals surface area contributed by atoms with E-state index in [0.29, 0.717) is 11.1 Å². The van der Waals surface area contributed by atoms with E-state index in [1.807, 2.05) is 0 Å². The van der Waals surface area contributed by atoms with Crippen molar-refractivity contribution in [3.05, 3.63) is 52.0 Å². The number of halogens is 1. The van der Waals surface area contributed by atoms with Crippen LogP contribution in [0, 0.1) is 5.82 Å². The van der Waals surface area contributed by atoms with Crippen molar-refractivity contribution in [3.63, 3.8) is 0 Å². The summed E-state index contributed by atoms with van der Waals surface area (Å²) < 4.78 is 17.4. The van der Waals surface area contributed by atoms with Crippen molar-refractivity contribution in [2.45, 2.75) is 0 Å². The second-order valence-electron chi connectivity index (χ2n) is 3.20. The van der Waals surface area contributed by atoms with Crippen molar-refractivity contribution in [3.8, 4) is 5.75 Å². The highest BCUT2D eigenvalue weighted by atomic mass is 32.1. The van der Waals surface area contributed by atoms with Crippen LogP contribution in [0.3, 0.4) is 0 Å². The van der Waals surface area contributed by atoms with E-state index >= 15 is 0 Å². The lowest BCUT2D eigenvalue weighted by Gasteiger charge is -2.01. The molecule has 86 valence electrons. The summed E-state index contributed by atoms with van der Waals surface area (Å²) in [5.74, 6) is -0.487. The molecule has 0 fully saturated rings. The average molecular weight is 250 g/mol. The van der Waals surface area contributed by atoms with Gasteiger partial charge < -0.3 is 4.74 Å². The van der Waals surface area contributed by atoms with Crippen LogP contribution in [0.1, 0.15) is 15.9 Å². The fourth-order valence-corrected chi connectivity index (χ4v) is 2.08. The first-order chi connectivity index (χ1) is 8.22. The summed E-state index contributed by atoms with van der Waals surface area (Å²) in [6, 6.07) is 5.19. The van der Waals surface area contributed by atoms with Gasteiger partial charge in [0.15, 0.2) is 11.5 Å². The first kappa shape index (κ1) is 11.5. The zero-order chi connectivity index (χ0) is 12.3. The van der Waals surface area contributed by atoms with Crippen LogP contribution >= 0.6 is 11.3 Å². The Bertz CT molecular complexity index is 545. The standard InChI is InChI=1S/C12H7FO3S/c13-9-3-1-8(2-4-9)12(15)10-5-17-6-11(10)16-7-14/h1-7H. The highest BCUT2D eigenvalue weighted by Gasteiger charge is 2.15. The van der Waals surface area contributed by atoms with Gasteiger partial charge in [0.05, 0.1) is 5.56 Å². The summed E-state index contributed by atoms with van der Waals surface area (Å²) >= 11 is 1.25. The number of hydrogen-bond acceptors (Lipinski definition) is 4. The summed E-state index contributed by atoms with van der Waals surface area (Å²) in [6.07, 6.45) is 0. The Morgan fingerprint density at radius 2 is 1.94 bits per heavy atom. The molecule has 0 radical (unpaired) electrons. The van der Waals surface area contributed by atoms with Gasteiger partial charge in [-0.05, 0) is 24.3 Å². The van der Waals surface area contributed by atoms with E-state index in [0.717, 1.165) is 0 Å². The number of rotatable bonds is 4. The predicted molar refractivity (Wildman–Crippen MR) is 60.8 cm³/mol. The monoisotopic (exact) mass is 250 g/mol. The molecule has 0 N–H and O–H groups in total. The SMILES string of the molecule is O=COc1cscc1C(=O)c1ccc(F)cc1. The van der Waals surface area contributed by atoms with Crippen molar-refractivity contribution in [2.75, 3.05) is 0 Å². The van der Waals surface area contributed by atoms with E-state index in [9.17, 15) is 14.0 Å². The van der Waals surface area contributed by atoms with E-state index < -0.39 is 5.82 Å². The largest absolute Gasteiger partial charge is 0.427 e. The van der Waals surface area contributed by atoms with Gasteiger partial charge in [-0.25, -0.2) is 4.39 Å². The zero-order valence-electron chi connectivity index (χ0n) is 8.55. The highest BCUT2D eigenvalue weighted by molar-refractivity contribution is 7.08. The van der Waals surface area contributed by atoms with Crippen molar-refractivity contribution in [1.29, 1.82) is 0 Å². The molecule has 1 aromatic carbocycles. The van der Waals surface area contributed by atoms with Gasteiger partial charge in [-0.2, -0.15) is 0 Å². The molecule has 0 bridgehead atoms. The molecule has 1 heterocycles. The van der Waals surface area contributed by atoms with Crippen LogP contribution in [-0.2, 0) is 4.79 Å². The minimum Gasteiger partial charge on any atom is -0.427 e. The first-order valence-electron chi connectivity index (χ1n) is 4.69. The van der Waals surface area contributed by atoms with Gasteiger partial charge in [0.25, 0.3) is 6.47 Å². The van der Waals surface area contributed by atoms with Gasteiger partial charge in [0, 0.05) is 16.3 Å². The molecular formula is C12H7FO3S. The third kappa shape index (κ3) is 2.39. The third-order valence-electron chi connectivity index (χ3n) is 2.15. The average Bonchev–Trinajstić information content (AvgIpc) is 2.78. The fraction of sp³-hybridized carbons (Fsp3) is 0. The smallest absolute Gasteiger partial charge is 0.298 e. The van der Waals surface area contributed by atoms with Crippen LogP contribution in [0.25, 0.3) is 0 Å². The van der Waals surface area contributed by atoms with Gasteiger partial charge in [-0.3, -0.25) is 9.59 Å². The molecule has 0 aliphatic carbocycles. The lowest BCUT2D eigenvalue weighted by atomic mass is 10.1. The van der Waals surface area contributed by atoms with Crippen molar-refractivity contribution in [2.24, 2.45) is 0 Å². The third-order valence-corrected chi connectivity index (χ3v) is 2.87. The molecule has 2 rings (SSSR count). The zero-order valence-corrected chi connectivity index (χ0v) is 9.37. The minimum atomic E-state index is -0.406. The first-order valence-corrected chi connectivity index (χ1v) is 5.63. The van der Waals surface area contributed by atoms with Gasteiger partial charge in [0.2, 0.25) is 0 Å². The van der Waals surface area contributed by atoms with E-state index in [2.05, 4.69) is 4.74 Å². The molecule has 0 aliphatic rings. The van der Waals surface area contributed by atoms with Crippen molar-refractivity contribution in [1.82, 2.24) is 0 Å². The molecule has 0 spiro atoms. The van der Waals surface area contributed by atoms with E-state index in [4.69, 9.17) is 0 Å². The Kier molecular flexibility index (Phi) is 3.30. The topological polar surface area (TPSA) is 43.4 Å². The molecule has 0 aliphatic heterocycles. The number of thiophene rings is 1. The Labute approximate surface area is 100 Å². The lowest BCUT2D eigenvalue weighted by Crippen LogP contribution is -2.02. The van der Waals surface area contributed by atoms with Gasteiger partial charge in [0.1, 0.15) is 5.82 Å². The lowest BCUT2D eigenvalue weighted by molar-refractivity contribution is -0.120. The molecule has 0 saturated carbocycles. The molecule has 5 heteroatoms. The maximum absolute atomic E-state index is 12.7. The van der Waals surface area contributed by atoms with Crippen molar-refractivity contribution < 1.29 is 18.7 Å². The Morgan fingerprint density at radius 1 is 1.24 bits per heavy atom. The summed E-state index contributed by atoms with van der Waals surface area (Å²) in [4.78, 5) is 22.3. The number of ether oxygens (including phenoxy) is 1. The summed E-state index contributed by atoms with van der Waals surface area (Å²) in [5.41, 5.74) is 0.647. The molecular weight excluding hydrogens is 243 g/mol. The molecule has 0 unspecified atom stereocenters. The Balaban J connectivity index is 2.33. The fourth-order valence-electron chi connectivity index (χ4n) is 1.35. The number of carbonyl (C=O) groups is 2. The van der Waals surface area contributed by atoms with Gasteiger partial charge in [-0.1, -0.05) is 0 Å². The number of ketones is 1. The van der Waals surface area contributed by atoms with Gasteiger partial charge >= 0.3 is 0 Å². The normalized spacial score (nSPS) is 9.94. The van der Waals surface area contributed by atoms with E-state index in [1.54, 1.807) is 10.8 Å². The molecule has 0 amide bonds. The summed E-state index contributed by atoms with van der Waals surface area (Å²) in [5, 5.41) is 3.15. The minimum absolute atomic E-state index is 0.222. The van der Waals surface area contributed by atoms with Crippen LogP contribution < -0.4 is 4.74 Å². The predicted octanol–water partition coefficient (Wildman–Crippen LogP) is 2.65. The Morgan fingerprint density at radius 3 is 2.59 bits per heavy atom. The number of hydrogen-bond donors (Lipinski definition) is 0. The van der Waals surface area contributed by atoms with Crippen LogP contribution in [0.2, 0.25) is 0 Å². The maximum Gasteiger partial charge on any atom is 0.298 e. The molecule has 17 heavy (non-hydrogen) atoms. The van der Waals surface area contributed by atoms with Crippen LogP contribution in [0.5, 0.6) is 5.75 Å². The Hall–Kier alpha value is -2.01. The molecule has 2 aromatic rings. The second-order valence-corrected chi connectivity index (χ2v) is 3.94. The maximum atomic E-state index is 12.7. The summed E-state index contributed by atoms with van der Waals surface area (Å²) in [7, 11) is 0. The molecule has 0 saturated heterocycles. The van der Waals surface area contributed by atoms with Crippen LogP contribution in [0.15, 0.2) is 35.0 Å². The van der Waals surface area contributed by atoms with E-state index in [1.165, 1.54) is 35.6 Å².